The van der Waals surface area contributed by atoms with Crippen molar-refractivity contribution in [3.8, 4) is 0 Å². The molecule has 2 heteroatoms. The molecule has 2 N–H and O–H groups in total. The molecular weight excluding hydrogens is 220 g/mol. The number of rotatable bonds is 5. The highest BCUT2D eigenvalue weighted by atomic mass is 15.2. The average molecular weight is 246 g/mol. The van der Waals surface area contributed by atoms with Crippen molar-refractivity contribution >= 4 is 0 Å². The molecule has 1 saturated carbocycles. The summed E-state index contributed by atoms with van der Waals surface area (Å²) in [5.41, 5.74) is 7.39. The number of nitrogens with two attached hydrogens (primary N) is 1. The van der Waals surface area contributed by atoms with Gasteiger partial charge in [0.05, 0.1) is 0 Å². The minimum atomic E-state index is 0.482. The van der Waals surface area contributed by atoms with Crippen LogP contribution >= 0.6 is 0 Å². The normalized spacial score (nSPS) is 19.1. The molecule has 2 nitrogen and oxygen atoms in total. The minimum Gasteiger partial charge on any atom is -0.329 e. The van der Waals surface area contributed by atoms with Gasteiger partial charge in [-0.25, -0.2) is 0 Å². The van der Waals surface area contributed by atoms with Crippen LogP contribution < -0.4 is 5.73 Å². The van der Waals surface area contributed by atoms with Gasteiger partial charge < -0.3 is 5.73 Å². The van der Waals surface area contributed by atoms with Gasteiger partial charge in [0.15, 0.2) is 0 Å². The molecular formula is C16H26N2. The van der Waals surface area contributed by atoms with Gasteiger partial charge in [0.1, 0.15) is 0 Å². The first-order chi connectivity index (χ1) is 8.81. The van der Waals surface area contributed by atoms with E-state index < -0.39 is 0 Å². The molecule has 0 bridgehead atoms. The second-order valence-electron chi connectivity index (χ2n) is 5.54. The van der Waals surface area contributed by atoms with E-state index in [1.165, 1.54) is 37.7 Å². The lowest BCUT2D eigenvalue weighted by molar-refractivity contribution is 0.140. The van der Waals surface area contributed by atoms with E-state index in [1.54, 1.807) is 0 Å². The maximum absolute atomic E-state index is 5.99. The Bertz CT molecular complexity index is 330. The summed E-state index contributed by atoms with van der Waals surface area (Å²) in [5.74, 6) is 0. The van der Waals surface area contributed by atoms with E-state index >= 15 is 0 Å². The summed E-state index contributed by atoms with van der Waals surface area (Å²) in [4.78, 5) is 2.53. The van der Waals surface area contributed by atoms with Crippen LogP contribution in [0.15, 0.2) is 30.3 Å². The number of nitrogens with zero attached hydrogens (tertiary/aromatic N) is 1. The van der Waals surface area contributed by atoms with Crippen LogP contribution in [-0.4, -0.2) is 30.6 Å². The van der Waals surface area contributed by atoms with Crippen LogP contribution in [-0.2, 0) is 6.42 Å². The molecule has 1 atom stereocenters. The number of benzene rings is 1. The van der Waals surface area contributed by atoms with E-state index in [2.05, 4.69) is 42.3 Å². The van der Waals surface area contributed by atoms with Crippen LogP contribution in [0.5, 0.6) is 0 Å². The zero-order valence-electron chi connectivity index (χ0n) is 11.5. The van der Waals surface area contributed by atoms with E-state index in [-0.39, 0.29) is 0 Å². The summed E-state index contributed by atoms with van der Waals surface area (Å²) < 4.78 is 0. The zero-order valence-corrected chi connectivity index (χ0v) is 11.5. The lowest BCUT2D eigenvalue weighted by atomic mass is 9.92. The van der Waals surface area contributed by atoms with Crippen LogP contribution in [0.4, 0.5) is 0 Å². The summed E-state index contributed by atoms with van der Waals surface area (Å²) in [5, 5.41) is 0. The predicted octanol–water partition coefficient (Wildman–Crippen LogP) is 2.82. The Morgan fingerprint density at radius 3 is 2.44 bits per heavy atom. The maximum Gasteiger partial charge on any atom is 0.0258 e. The molecule has 1 aromatic carbocycles. The Labute approximate surface area is 111 Å². The van der Waals surface area contributed by atoms with Crippen LogP contribution in [0.1, 0.15) is 37.7 Å². The molecule has 1 aliphatic rings. The molecule has 2 rings (SSSR count). The topological polar surface area (TPSA) is 29.3 Å². The molecule has 0 heterocycles. The number of hydrogen-bond donors (Lipinski definition) is 1. The van der Waals surface area contributed by atoms with E-state index in [1.807, 2.05) is 0 Å². The van der Waals surface area contributed by atoms with E-state index in [9.17, 15) is 0 Å². The first kappa shape index (κ1) is 13.6. The Morgan fingerprint density at radius 1 is 1.17 bits per heavy atom. The van der Waals surface area contributed by atoms with E-state index in [0.717, 1.165) is 19.0 Å². The second-order valence-corrected chi connectivity index (χ2v) is 5.54. The molecule has 0 radical (unpaired) electrons. The second kappa shape index (κ2) is 6.91. The van der Waals surface area contributed by atoms with E-state index in [4.69, 9.17) is 5.73 Å². The molecule has 0 aliphatic heterocycles. The molecule has 0 aromatic heterocycles. The van der Waals surface area contributed by atoms with Crippen LogP contribution in [0, 0.1) is 0 Å². The minimum absolute atomic E-state index is 0.482. The van der Waals surface area contributed by atoms with Gasteiger partial charge in [-0.3, -0.25) is 4.90 Å². The Kier molecular flexibility index (Phi) is 5.21. The van der Waals surface area contributed by atoms with Crippen molar-refractivity contribution in [1.82, 2.24) is 4.90 Å². The van der Waals surface area contributed by atoms with Gasteiger partial charge in [-0.05, 0) is 31.9 Å². The highest BCUT2D eigenvalue weighted by Crippen LogP contribution is 2.23. The maximum atomic E-state index is 5.99. The number of hydrogen-bond acceptors (Lipinski definition) is 2. The van der Waals surface area contributed by atoms with Crippen LogP contribution in [0.25, 0.3) is 0 Å². The molecule has 1 aliphatic carbocycles. The third-order valence-corrected chi connectivity index (χ3v) is 4.31. The fraction of sp³-hybridized carbons (Fsp3) is 0.625. The molecule has 0 spiro atoms. The standard InChI is InChI=1S/C16H26N2/c1-18(15-10-6-3-7-11-15)16(13-17)12-14-8-4-2-5-9-14/h2,4-5,8-9,15-16H,3,6-7,10-13,17H2,1H3. The molecule has 1 fully saturated rings. The largest absolute Gasteiger partial charge is 0.329 e. The lowest BCUT2D eigenvalue weighted by Gasteiger charge is -2.37. The van der Waals surface area contributed by atoms with Crippen molar-refractivity contribution in [2.24, 2.45) is 5.73 Å². The Balaban J connectivity index is 1.94. The van der Waals surface area contributed by atoms with Gasteiger partial charge in [-0.1, -0.05) is 49.6 Å². The third kappa shape index (κ3) is 3.56. The monoisotopic (exact) mass is 246 g/mol. The molecule has 1 aromatic rings. The highest BCUT2D eigenvalue weighted by molar-refractivity contribution is 5.16. The fourth-order valence-corrected chi connectivity index (χ4v) is 3.07. The van der Waals surface area contributed by atoms with Gasteiger partial charge in [0.2, 0.25) is 0 Å². The van der Waals surface area contributed by atoms with Crippen molar-refractivity contribution in [1.29, 1.82) is 0 Å². The van der Waals surface area contributed by atoms with Crippen molar-refractivity contribution < 1.29 is 0 Å². The van der Waals surface area contributed by atoms with Gasteiger partial charge >= 0.3 is 0 Å². The quantitative estimate of drug-likeness (QED) is 0.865. The Morgan fingerprint density at radius 2 is 1.83 bits per heavy atom. The summed E-state index contributed by atoms with van der Waals surface area (Å²) in [6.45, 7) is 0.752. The van der Waals surface area contributed by atoms with Crippen molar-refractivity contribution in [3.63, 3.8) is 0 Å². The first-order valence-electron chi connectivity index (χ1n) is 7.27. The third-order valence-electron chi connectivity index (χ3n) is 4.31. The summed E-state index contributed by atoms with van der Waals surface area (Å²) in [7, 11) is 2.26. The van der Waals surface area contributed by atoms with Crippen molar-refractivity contribution in [2.45, 2.75) is 50.6 Å². The first-order valence-corrected chi connectivity index (χ1v) is 7.27. The smallest absolute Gasteiger partial charge is 0.0258 e. The molecule has 0 amide bonds. The van der Waals surface area contributed by atoms with Crippen LogP contribution in [0.3, 0.4) is 0 Å². The summed E-state index contributed by atoms with van der Waals surface area (Å²) in [6, 6.07) is 11.9. The molecule has 1 unspecified atom stereocenters. The average Bonchev–Trinajstić information content (AvgIpc) is 2.46. The lowest BCUT2D eigenvalue weighted by Crippen LogP contribution is -2.46. The van der Waals surface area contributed by atoms with Crippen molar-refractivity contribution in [3.05, 3.63) is 35.9 Å². The molecule has 100 valence electrons. The van der Waals surface area contributed by atoms with Crippen molar-refractivity contribution in [2.75, 3.05) is 13.6 Å². The highest BCUT2D eigenvalue weighted by Gasteiger charge is 2.23. The number of likely N-dealkylation sites (N-methyl/N-ethyl adjacent to an activating group) is 1. The molecule has 18 heavy (non-hydrogen) atoms. The fourth-order valence-electron chi connectivity index (χ4n) is 3.07. The SMILES string of the molecule is CN(C1CCCCC1)C(CN)Cc1ccccc1. The van der Waals surface area contributed by atoms with Crippen LogP contribution in [0.2, 0.25) is 0 Å². The summed E-state index contributed by atoms with van der Waals surface area (Å²) in [6.07, 6.45) is 7.96. The van der Waals surface area contributed by atoms with Gasteiger partial charge in [-0.15, -0.1) is 0 Å². The van der Waals surface area contributed by atoms with Gasteiger partial charge in [0, 0.05) is 18.6 Å². The van der Waals surface area contributed by atoms with Gasteiger partial charge in [-0.2, -0.15) is 0 Å². The molecule has 0 saturated heterocycles. The van der Waals surface area contributed by atoms with Gasteiger partial charge in [0.25, 0.3) is 0 Å². The van der Waals surface area contributed by atoms with E-state index in [0.29, 0.717) is 6.04 Å². The Hall–Kier alpha value is -0.860. The predicted molar refractivity (Wildman–Crippen MR) is 77.6 cm³/mol. The zero-order chi connectivity index (χ0) is 12.8. The summed E-state index contributed by atoms with van der Waals surface area (Å²) >= 11 is 0.